The van der Waals surface area contributed by atoms with E-state index in [0.717, 1.165) is 31.5 Å². The maximum Gasteiger partial charge on any atom is 0.330 e. The summed E-state index contributed by atoms with van der Waals surface area (Å²) in [7, 11) is 1.67. The molecule has 4 heteroatoms. The van der Waals surface area contributed by atoms with E-state index in [1.165, 1.54) is 0 Å². The Kier molecular flexibility index (Phi) is 4.62. The normalized spacial score (nSPS) is 18.0. The van der Waals surface area contributed by atoms with Crippen LogP contribution < -0.4 is 0 Å². The van der Waals surface area contributed by atoms with Gasteiger partial charge in [-0.1, -0.05) is 5.57 Å². The number of rotatable bonds is 3. The molecule has 1 rings (SSSR count). The molecule has 1 fully saturated rings. The van der Waals surface area contributed by atoms with Crippen LogP contribution in [-0.2, 0) is 14.4 Å². The van der Waals surface area contributed by atoms with Gasteiger partial charge in [-0.3, -0.25) is 0 Å². The Hall–Kier alpha value is -0.870. The maximum atomic E-state index is 11.1. The minimum absolute atomic E-state index is 0.228. The molecule has 0 amide bonds. The first-order valence-electron chi connectivity index (χ1n) is 4.91. The maximum absolute atomic E-state index is 11.1. The summed E-state index contributed by atoms with van der Waals surface area (Å²) in [5.74, 6) is -0.228. The van der Waals surface area contributed by atoms with Crippen LogP contribution in [0.1, 0.15) is 19.8 Å². The average Bonchev–Trinajstić information content (AvgIpc) is 2.19. The van der Waals surface area contributed by atoms with E-state index < -0.39 is 0 Å². The lowest BCUT2D eigenvalue weighted by Crippen LogP contribution is -2.29. The fourth-order valence-corrected chi connectivity index (χ4v) is 1.45. The van der Waals surface area contributed by atoms with Gasteiger partial charge in [0.25, 0.3) is 0 Å². The molecule has 0 aromatic rings. The Balaban J connectivity index is 2.36. The molecular formula is C10H17NO3. The molecule has 0 spiro atoms. The summed E-state index contributed by atoms with van der Waals surface area (Å²) in [4.78, 5) is 16.2. The predicted molar refractivity (Wildman–Crippen MR) is 52.5 cm³/mol. The summed E-state index contributed by atoms with van der Waals surface area (Å²) < 4.78 is 4.84. The van der Waals surface area contributed by atoms with Crippen LogP contribution in [0.25, 0.3) is 0 Å². The molecule has 0 radical (unpaired) electrons. The highest BCUT2D eigenvalue weighted by Gasteiger charge is 2.14. The van der Waals surface area contributed by atoms with Crippen molar-refractivity contribution in [2.45, 2.75) is 19.8 Å². The summed E-state index contributed by atoms with van der Waals surface area (Å²) in [6, 6.07) is 0. The van der Waals surface area contributed by atoms with Gasteiger partial charge in [0.15, 0.2) is 0 Å². The molecule has 14 heavy (non-hydrogen) atoms. The molecule has 0 N–H and O–H groups in total. The lowest BCUT2D eigenvalue weighted by atomic mass is 10.1. The largest absolute Gasteiger partial charge is 0.463 e. The first-order valence-corrected chi connectivity index (χ1v) is 4.91. The topological polar surface area (TPSA) is 38.8 Å². The van der Waals surface area contributed by atoms with Crippen molar-refractivity contribution >= 4 is 5.97 Å². The summed E-state index contributed by atoms with van der Waals surface area (Å²) in [6.45, 7) is 3.94. The van der Waals surface area contributed by atoms with E-state index in [1.54, 1.807) is 13.2 Å². The Morgan fingerprint density at radius 1 is 1.50 bits per heavy atom. The number of hydrogen-bond acceptors (Lipinski definition) is 4. The average molecular weight is 199 g/mol. The van der Waals surface area contributed by atoms with Crippen LogP contribution in [0.5, 0.6) is 0 Å². The molecule has 1 saturated heterocycles. The number of carbonyl (C=O) groups is 1. The predicted octanol–water partition coefficient (Wildman–Crippen LogP) is 1.13. The van der Waals surface area contributed by atoms with E-state index >= 15 is 0 Å². The molecule has 0 atom stereocenters. The van der Waals surface area contributed by atoms with Gasteiger partial charge < -0.3 is 9.57 Å². The zero-order valence-corrected chi connectivity index (χ0v) is 8.78. The molecule has 4 nitrogen and oxygen atoms in total. The lowest BCUT2D eigenvalue weighted by molar-refractivity contribution is -0.139. The SMILES string of the molecule is CCOC(=O)C=C1CCN(OC)CC1. The smallest absolute Gasteiger partial charge is 0.330 e. The van der Waals surface area contributed by atoms with Gasteiger partial charge in [0.2, 0.25) is 0 Å². The van der Waals surface area contributed by atoms with Gasteiger partial charge in [-0.25, -0.2) is 4.79 Å². The number of piperidine rings is 1. The Morgan fingerprint density at radius 2 is 2.14 bits per heavy atom. The van der Waals surface area contributed by atoms with Crippen molar-refractivity contribution in [3.05, 3.63) is 11.6 Å². The molecule has 0 aromatic carbocycles. The van der Waals surface area contributed by atoms with E-state index in [4.69, 9.17) is 9.57 Å². The molecule has 1 aliphatic rings. The number of esters is 1. The summed E-state index contributed by atoms with van der Waals surface area (Å²) >= 11 is 0. The third kappa shape index (κ3) is 3.47. The highest BCUT2D eigenvalue weighted by molar-refractivity contribution is 5.82. The van der Waals surface area contributed by atoms with Crippen LogP contribution in [0.3, 0.4) is 0 Å². The first-order chi connectivity index (χ1) is 6.76. The van der Waals surface area contributed by atoms with E-state index in [2.05, 4.69) is 0 Å². The van der Waals surface area contributed by atoms with E-state index in [9.17, 15) is 4.79 Å². The van der Waals surface area contributed by atoms with E-state index in [-0.39, 0.29) is 5.97 Å². The number of carbonyl (C=O) groups excluding carboxylic acids is 1. The standard InChI is InChI=1S/C10H17NO3/c1-3-14-10(12)8-9-4-6-11(13-2)7-5-9/h8H,3-7H2,1-2H3. The fraction of sp³-hybridized carbons (Fsp3) is 0.700. The Labute approximate surface area is 84.4 Å². The van der Waals surface area contributed by atoms with E-state index in [0.29, 0.717) is 6.61 Å². The molecule has 0 unspecified atom stereocenters. The van der Waals surface area contributed by atoms with Crippen molar-refractivity contribution in [1.82, 2.24) is 5.06 Å². The van der Waals surface area contributed by atoms with Crippen LogP contribution in [0, 0.1) is 0 Å². The van der Waals surface area contributed by atoms with Gasteiger partial charge >= 0.3 is 5.97 Å². The monoisotopic (exact) mass is 199 g/mol. The van der Waals surface area contributed by atoms with Crippen LogP contribution >= 0.6 is 0 Å². The summed E-state index contributed by atoms with van der Waals surface area (Å²) in [5, 5.41) is 1.89. The molecule has 0 aromatic heterocycles. The zero-order chi connectivity index (χ0) is 10.4. The number of hydroxylamine groups is 2. The van der Waals surface area contributed by atoms with Crippen molar-refractivity contribution in [2.75, 3.05) is 26.8 Å². The molecule has 1 aliphatic heterocycles. The van der Waals surface area contributed by atoms with Crippen LogP contribution in [0.4, 0.5) is 0 Å². The summed E-state index contributed by atoms with van der Waals surface area (Å²) in [6.07, 6.45) is 3.37. The Bertz CT molecular complexity index is 215. The van der Waals surface area contributed by atoms with Crippen LogP contribution in [0.2, 0.25) is 0 Å². The van der Waals surface area contributed by atoms with Crippen molar-refractivity contribution in [3.8, 4) is 0 Å². The third-order valence-corrected chi connectivity index (χ3v) is 2.23. The van der Waals surface area contributed by atoms with Gasteiger partial charge in [-0.15, -0.1) is 0 Å². The molecule has 0 aliphatic carbocycles. The van der Waals surface area contributed by atoms with Crippen molar-refractivity contribution in [1.29, 1.82) is 0 Å². The third-order valence-electron chi connectivity index (χ3n) is 2.23. The van der Waals surface area contributed by atoms with Crippen molar-refractivity contribution in [3.63, 3.8) is 0 Å². The zero-order valence-electron chi connectivity index (χ0n) is 8.78. The first kappa shape index (κ1) is 11.2. The van der Waals surface area contributed by atoms with Crippen molar-refractivity contribution < 1.29 is 14.4 Å². The minimum Gasteiger partial charge on any atom is -0.463 e. The quantitative estimate of drug-likeness (QED) is 0.504. The highest BCUT2D eigenvalue weighted by atomic mass is 16.7. The van der Waals surface area contributed by atoms with Gasteiger partial charge in [-0.05, 0) is 19.8 Å². The molecule has 0 bridgehead atoms. The number of nitrogens with zero attached hydrogens (tertiary/aromatic N) is 1. The Morgan fingerprint density at radius 3 is 2.64 bits per heavy atom. The van der Waals surface area contributed by atoms with Gasteiger partial charge in [0.05, 0.1) is 13.7 Å². The lowest BCUT2D eigenvalue weighted by Gasteiger charge is -2.25. The van der Waals surface area contributed by atoms with E-state index in [1.807, 2.05) is 12.0 Å². The molecule has 80 valence electrons. The van der Waals surface area contributed by atoms with Crippen molar-refractivity contribution in [2.24, 2.45) is 0 Å². The molecule has 0 saturated carbocycles. The number of hydrogen-bond donors (Lipinski definition) is 0. The van der Waals surface area contributed by atoms with Crippen LogP contribution in [0.15, 0.2) is 11.6 Å². The molecular weight excluding hydrogens is 182 g/mol. The molecule has 1 heterocycles. The second kappa shape index (κ2) is 5.78. The van der Waals surface area contributed by atoms with Gasteiger partial charge in [-0.2, -0.15) is 5.06 Å². The fourth-order valence-electron chi connectivity index (χ4n) is 1.45. The second-order valence-corrected chi connectivity index (χ2v) is 3.17. The van der Waals surface area contributed by atoms with Crippen LogP contribution in [-0.4, -0.2) is 37.8 Å². The summed E-state index contributed by atoms with van der Waals surface area (Å²) in [5.41, 5.74) is 1.15. The second-order valence-electron chi connectivity index (χ2n) is 3.17. The number of ether oxygens (including phenoxy) is 1. The van der Waals surface area contributed by atoms with Gasteiger partial charge in [0, 0.05) is 19.2 Å². The van der Waals surface area contributed by atoms with Gasteiger partial charge in [0.1, 0.15) is 0 Å². The minimum atomic E-state index is -0.228. The highest BCUT2D eigenvalue weighted by Crippen LogP contribution is 2.15.